The highest BCUT2D eigenvalue weighted by Gasteiger charge is 2.41. The lowest BCUT2D eigenvalue weighted by Crippen LogP contribution is -2.47. The minimum Gasteiger partial charge on any atom is -0.383 e. The van der Waals surface area contributed by atoms with Crippen LogP contribution in [0.15, 0.2) is 194 Å². The van der Waals surface area contributed by atoms with Crippen molar-refractivity contribution >= 4 is 5.69 Å². The van der Waals surface area contributed by atoms with E-state index in [9.17, 15) is 0 Å². The standard InChI is InChI=1S/3C16H25N.C16H27N.2C15H23N.C12H19N.2C11H23N.10CH4/c1-12(2)16-10-15(11-17(16)13(3)4)14-8-6-5-7-9-14;2*1-12(2)15-10-11-16(17(15)13(3)4)14-8-6-5-7-9-14;1-13(2)10-11-16(17-14(3)4)12-15-8-6-5-7-9-15;1-11(2)15-9-13-7-5-6-8-14(13)10-16(15)12(3)4;1-11(2)15-14-8-6-5-7-13(14)9-10-16(15)12(3)4;1-9(2)11-7-5-6-8-12(11)13-10(3)4;1-9(2)11-6-5-7-12(8-11)10(3)4;1-9(2)11-7-5-6-8-12(11)10(3)4;;;;;;;;;;/h3*5-9,12-13,15-16H,10-11H2,1-4H3;5-9,13-14,16-17H,10-12H2,1-4H3;2*5-8,11-12,15H,9-10H2,1-4H3;5-10,13H,1-4H3;2*9-11H,5-8H2,1-4H3;10*1H4/t3*15-,16+;16-;2*15-;;;11-;;;;;;;;;;/m110010..1........../s1. The van der Waals surface area contributed by atoms with Gasteiger partial charge in [0.15, 0.2) is 0 Å². The summed E-state index contributed by atoms with van der Waals surface area (Å²) in [5.41, 5.74) is 14.8. The first-order valence-electron chi connectivity index (χ1n) is 56.2. The van der Waals surface area contributed by atoms with E-state index >= 15 is 0 Å². The normalized spacial score (nSPS) is 20.6. The Hall–Kier alpha value is -5.98. The van der Waals surface area contributed by atoms with Gasteiger partial charge in [-0.2, -0.15) is 0 Å². The van der Waals surface area contributed by atoms with E-state index in [-0.39, 0.29) is 74.3 Å². The Kier molecular flexibility index (Phi) is 78.7. The van der Waals surface area contributed by atoms with E-state index in [4.69, 9.17) is 0 Å². The maximum absolute atomic E-state index is 3.68. The zero-order chi connectivity index (χ0) is 101. The molecule has 850 valence electrons. The predicted octanol–water partition coefficient (Wildman–Crippen LogP) is 39.2. The number of benzene rings is 7. The van der Waals surface area contributed by atoms with E-state index < -0.39 is 0 Å². The SMILES string of the molecule is C.C.C.C.C.C.C.C.C.C.CC(C)C1CCCN(C(C)C)C1.CC(C)CC[C@@H](Cc1ccccc1)NC(C)C.CC(C)Nc1ccccc1C(C)C.CC(C)[C@@H]1CC[C@H](c2ccccc2)N1C(C)C.CC(C)[C@@H]1C[C@@H](c2ccccc2)CN1C(C)C.CC(C)[C@H]1CCCCN1C(C)C.CC(C)[C@H]1CC[C@@H](c2ccccc2)N1C(C)C.CC(C)[C@H]1Cc2ccccc2CN1C(C)C.CC(C)[C@H]1c2ccccc2CCN1C(C)C. The smallest absolute Gasteiger partial charge is 0.0377 e. The van der Waals surface area contributed by atoms with Crippen LogP contribution in [0, 0.1) is 53.3 Å². The summed E-state index contributed by atoms with van der Waals surface area (Å²) < 4.78 is 0. The fourth-order valence-electron chi connectivity index (χ4n) is 23.4. The quantitative estimate of drug-likeness (QED) is 0.0524. The van der Waals surface area contributed by atoms with Crippen molar-refractivity contribution in [3.63, 3.8) is 0 Å². The molecule has 0 aromatic heterocycles. The third-order valence-corrected chi connectivity index (χ3v) is 30.8. The van der Waals surface area contributed by atoms with Gasteiger partial charge in [0.2, 0.25) is 0 Å². The molecule has 7 aromatic rings. The van der Waals surface area contributed by atoms with Crippen LogP contribution in [0.4, 0.5) is 5.69 Å². The topological polar surface area (TPSA) is 46.7 Å². The van der Waals surface area contributed by atoms with Gasteiger partial charge >= 0.3 is 0 Å². The molecule has 14 rings (SSSR count). The van der Waals surface area contributed by atoms with E-state index in [1.807, 2.05) is 0 Å². The highest BCUT2D eigenvalue weighted by atomic mass is 15.3. The van der Waals surface area contributed by atoms with E-state index in [0.717, 1.165) is 102 Å². The third-order valence-electron chi connectivity index (χ3n) is 30.8. The average Bonchev–Trinajstić information content (AvgIpc) is 1.42. The van der Waals surface area contributed by atoms with E-state index in [1.54, 1.807) is 16.7 Å². The van der Waals surface area contributed by atoms with Crippen molar-refractivity contribution in [1.82, 2.24) is 39.6 Å². The zero-order valence-corrected chi connectivity index (χ0v) is 95.2. The molecule has 7 aromatic carbocycles. The molecule has 147 heavy (non-hydrogen) atoms. The van der Waals surface area contributed by atoms with Gasteiger partial charge in [0.05, 0.1) is 0 Å². The number of hydrogen-bond acceptors (Lipinski definition) is 9. The van der Waals surface area contributed by atoms with Gasteiger partial charge < -0.3 is 15.5 Å². The van der Waals surface area contributed by atoms with Crippen LogP contribution in [-0.4, -0.2) is 158 Å². The molecule has 9 nitrogen and oxygen atoms in total. The van der Waals surface area contributed by atoms with Crippen LogP contribution in [0.2, 0.25) is 0 Å². The summed E-state index contributed by atoms with van der Waals surface area (Å²) in [5, 5.41) is 7.14. The number of likely N-dealkylation sites (tertiary alicyclic amines) is 5. The van der Waals surface area contributed by atoms with E-state index in [1.165, 1.54) is 162 Å². The number of nitrogens with one attached hydrogen (secondary N) is 2. The monoisotopic (exact) mass is 2040 g/mol. The molecule has 7 aliphatic rings. The third kappa shape index (κ3) is 49.5. The largest absolute Gasteiger partial charge is 0.383 e. The Morgan fingerprint density at radius 3 is 1.14 bits per heavy atom. The van der Waals surface area contributed by atoms with Crippen LogP contribution < -0.4 is 10.6 Å². The summed E-state index contributed by atoms with van der Waals surface area (Å²) in [6.07, 6.45) is 19.9. The van der Waals surface area contributed by atoms with Crippen molar-refractivity contribution in [2.45, 2.75) is 547 Å². The zero-order valence-electron chi connectivity index (χ0n) is 95.2. The summed E-state index contributed by atoms with van der Waals surface area (Å²) in [6.45, 7) is 90.7. The first kappa shape index (κ1) is 149. The van der Waals surface area contributed by atoms with Crippen molar-refractivity contribution in [2.75, 3.05) is 38.0 Å². The molecule has 0 radical (unpaired) electrons. The van der Waals surface area contributed by atoms with Crippen molar-refractivity contribution in [2.24, 2.45) is 53.3 Å². The fraction of sp³-hybridized carbons (Fsp3) is 0.696. The van der Waals surface area contributed by atoms with Gasteiger partial charge in [-0.25, -0.2) is 0 Å². The molecule has 2 N–H and O–H groups in total. The van der Waals surface area contributed by atoms with Gasteiger partial charge in [0.25, 0.3) is 0 Å². The Bertz CT molecular complexity index is 4060. The lowest BCUT2D eigenvalue weighted by molar-refractivity contribution is 0.0808. The molecular weight excluding hydrogens is 1780 g/mol. The van der Waals surface area contributed by atoms with Crippen molar-refractivity contribution in [3.8, 4) is 0 Å². The molecule has 0 aliphatic carbocycles. The second kappa shape index (κ2) is 77.4. The Labute approximate surface area is 921 Å². The van der Waals surface area contributed by atoms with Gasteiger partial charge in [0, 0.05) is 141 Å². The maximum Gasteiger partial charge on any atom is 0.0377 e. The number of rotatable bonds is 27. The van der Waals surface area contributed by atoms with Crippen LogP contribution in [0.3, 0.4) is 0 Å². The minimum atomic E-state index is 0. The molecule has 5 fully saturated rings. The molecule has 5 saturated heterocycles. The van der Waals surface area contributed by atoms with Crippen molar-refractivity contribution in [3.05, 3.63) is 244 Å². The second-order valence-electron chi connectivity index (χ2n) is 47.8. The lowest BCUT2D eigenvalue weighted by atomic mass is 9.85. The molecule has 11 atom stereocenters. The van der Waals surface area contributed by atoms with Crippen LogP contribution in [0.1, 0.15) is 481 Å². The number of fused-ring (bicyclic) bond motifs is 2. The van der Waals surface area contributed by atoms with Gasteiger partial charge in [-0.05, 0) is 335 Å². The highest BCUT2D eigenvalue weighted by Crippen LogP contribution is 2.44. The van der Waals surface area contributed by atoms with Crippen LogP contribution in [0.25, 0.3) is 0 Å². The Morgan fingerprint density at radius 1 is 0.306 bits per heavy atom. The molecule has 0 spiro atoms. The summed E-state index contributed by atoms with van der Waals surface area (Å²) >= 11 is 0. The molecular formula is C138H253N9. The average molecular weight is 2040 g/mol. The maximum atomic E-state index is 3.68. The number of piperidine rings is 2. The van der Waals surface area contributed by atoms with Crippen LogP contribution in [0.5, 0.6) is 0 Å². The molecule has 1 unspecified atom stereocenters. The summed E-state index contributed by atoms with van der Waals surface area (Å²) in [5.74, 6) is 8.43. The molecule has 0 saturated carbocycles. The number of nitrogens with zero attached hydrogens (tertiary/aromatic N) is 7. The lowest BCUT2D eigenvalue weighted by Gasteiger charge is -2.42. The Balaban J connectivity index is -0.000000511. The molecule has 0 amide bonds. The van der Waals surface area contributed by atoms with Crippen molar-refractivity contribution < 1.29 is 0 Å². The molecule has 0 bridgehead atoms. The first-order valence-corrected chi connectivity index (χ1v) is 56.2. The molecule has 7 aliphatic heterocycles. The van der Waals surface area contributed by atoms with Crippen LogP contribution in [-0.2, 0) is 25.8 Å². The van der Waals surface area contributed by atoms with Crippen molar-refractivity contribution in [1.29, 1.82) is 0 Å². The first-order chi connectivity index (χ1) is 64.9. The van der Waals surface area contributed by atoms with Gasteiger partial charge in [-0.15, -0.1) is 0 Å². The summed E-state index contributed by atoms with van der Waals surface area (Å²) in [6, 6.07) is 82.2. The summed E-state index contributed by atoms with van der Waals surface area (Å²) in [7, 11) is 0. The number of hydrogen-bond donors (Lipinski definition) is 2. The van der Waals surface area contributed by atoms with E-state index in [0.29, 0.717) is 84.3 Å². The van der Waals surface area contributed by atoms with E-state index in [2.05, 4.69) is 488 Å². The molecule has 7 heterocycles. The number of anilines is 1. The molecule has 9 heteroatoms. The minimum absolute atomic E-state index is 0. The highest BCUT2D eigenvalue weighted by molar-refractivity contribution is 5.53. The van der Waals surface area contributed by atoms with Gasteiger partial charge in [0.1, 0.15) is 0 Å². The second-order valence-corrected chi connectivity index (χ2v) is 47.8. The predicted molar refractivity (Wildman–Crippen MR) is 673 cm³/mol. The fourth-order valence-corrected chi connectivity index (χ4v) is 23.4. The van der Waals surface area contributed by atoms with Gasteiger partial charge in [-0.1, -0.05) is 407 Å². The van der Waals surface area contributed by atoms with Crippen LogP contribution >= 0.6 is 0 Å². The number of para-hydroxylation sites is 1. The summed E-state index contributed by atoms with van der Waals surface area (Å²) in [4.78, 5) is 18.7. The van der Waals surface area contributed by atoms with Gasteiger partial charge in [-0.3, -0.25) is 29.4 Å². The Morgan fingerprint density at radius 2 is 0.735 bits per heavy atom.